The number of benzene rings is 1. The van der Waals surface area contributed by atoms with E-state index in [1.54, 1.807) is 12.1 Å². The number of amides is 1. The van der Waals surface area contributed by atoms with Crippen molar-refractivity contribution in [3.05, 3.63) is 66.0 Å². The SMILES string of the molecule is CC.O=C(NCc1ncco1)c1cnc2c(C3=CCC(C(F)(F)F)CC3)cccc2c1. The van der Waals surface area contributed by atoms with Gasteiger partial charge in [-0.3, -0.25) is 9.78 Å². The Hall–Kier alpha value is -3.16. The minimum Gasteiger partial charge on any atom is -0.447 e. The van der Waals surface area contributed by atoms with Gasteiger partial charge in [0.25, 0.3) is 5.91 Å². The molecular formula is C23H24F3N3O2. The van der Waals surface area contributed by atoms with Gasteiger partial charge in [0, 0.05) is 17.1 Å². The smallest absolute Gasteiger partial charge is 0.392 e. The molecule has 0 saturated heterocycles. The van der Waals surface area contributed by atoms with E-state index in [1.807, 2.05) is 32.0 Å². The van der Waals surface area contributed by atoms with Gasteiger partial charge in [-0.25, -0.2) is 4.98 Å². The topological polar surface area (TPSA) is 68.0 Å². The lowest BCUT2D eigenvalue weighted by Crippen LogP contribution is -2.24. The molecule has 2 heterocycles. The molecule has 1 amide bonds. The van der Waals surface area contributed by atoms with Crippen molar-refractivity contribution in [2.75, 3.05) is 0 Å². The number of allylic oxidation sites excluding steroid dienone is 2. The minimum absolute atomic E-state index is 0.0173. The van der Waals surface area contributed by atoms with Crippen molar-refractivity contribution in [2.24, 2.45) is 5.92 Å². The lowest BCUT2D eigenvalue weighted by molar-refractivity contribution is -0.175. The van der Waals surface area contributed by atoms with Crippen molar-refractivity contribution in [1.82, 2.24) is 15.3 Å². The number of oxazole rings is 1. The third-order valence-corrected chi connectivity index (χ3v) is 5.08. The maximum absolute atomic E-state index is 12.9. The number of fused-ring (bicyclic) bond motifs is 1. The molecule has 0 spiro atoms. The second-order valence-corrected chi connectivity index (χ2v) is 6.95. The number of pyridine rings is 1. The number of rotatable bonds is 4. The van der Waals surface area contributed by atoms with Crippen molar-refractivity contribution in [3.8, 4) is 0 Å². The first-order valence-corrected chi connectivity index (χ1v) is 10.2. The number of halogens is 3. The van der Waals surface area contributed by atoms with Crippen molar-refractivity contribution in [1.29, 1.82) is 0 Å². The number of hydrogen-bond donors (Lipinski definition) is 1. The van der Waals surface area contributed by atoms with E-state index in [4.69, 9.17) is 4.42 Å². The van der Waals surface area contributed by atoms with E-state index >= 15 is 0 Å². The van der Waals surface area contributed by atoms with E-state index in [0.717, 1.165) is 16.5 Å². The fourth-order valence-corrected chi connectivity index (χ4v) is 3.52. The molecule has 1 atom stereocenters. The number of aromatic nitrogens is 2. The highest BCUT2D eigenvalue weighted by molar-refractivity contribution is 5.99. The standard InChI is InChI=1S/C21H18F3N3O2.C2H6/c22-21(23,24)16-6-4-13(5-7-16)17-3-1-2-14-10-15(11-26-19(14)17)20(28)27-12-18-25-8-9-29-18;1-2/h1-4,8-11,16H,5-7,12H2,(H,27,28);1-2H3. The second-order valence-electron chi connectivity index (χ2n) is 6.95. The van der Waals surface area contributed by atoms with Crippen LogP contribution in [0, 0.1) is 5.92 Å². The van der Waals surface area contributed by atoms with Gasteiger partial charge in [-0.05, 0) is 30.9 Å². The Bertz CT molecular complexity index is 1060. The third kappa shape index (κ3) is 5.31. The molecule has 0 aliphatic heterocycles. The molecule has 3 aromatic rings. The van der Waals surface area contributed by atoms with Gasteiger partial charge in [0.1, 0.15) is 6.26 Å². The summed E-state index contributed by atoms with van der Waals surface area (Å²) in [6, 6.07) is 7.24. The Labute approximate surface area is 178 Å². The van der Waals surface area contributed by atoms with Crippen LogP contribution >= 0.6 is 0 Å². The number of carbonyl (C=O) groups excluding carboxylic acids is 1. The van der Waals surface area contributed by atoms with Crippen molar-refractivity contribution in [2.45, 2.75) is 45.8 Å². The van der Waals surface area contributed by atoms with Gasteiger partial charge < -0.3 is 9.73 Å². The van der Waals surface area contributed by atoms with Crippen LogP contribution < -0.4 is 5.32 Å². The van der Waals surface area contributed by atoms with Crippen LogP contribution in [0.15, 0.2) is 53.4 Å². The Morgan fingerprint density at radius 1 is 1.26 bits per heavy atom. The van der Waals surface area contributed by atoms with Crippen LogP contribution in [-0.4, -0.2) is 22.1 Å². The third-order valence-electron chi connectivity index (χ3n) is 5.08. The lowest BCUT2D eigenvalue weighted by atomic mass is 9.85. The molecule has 1 N–H and O–H groups in total. The average Bonchev–Trinajstić information content (AvgIpc) is 3.31. The van der Waals surface area contributed by atoms with Gasteiger partial charge >= 0.3 is 6.18 Å². The summed E-state index contributed by atoms with van der Waals surface area (Å²) in [5, 5.41) is 3.46. The van der Waals surface area contributed by atoms with Gasteiger partial charge in [-0.2, -0.15) is 13.2 Å². The lowest BCUT2D eigenvalue weighted by Gasteiger charge is -2.24. The summed E-state index contributed by atoms with van der Waals surface area (Å²) < 4.78 is 43.8. The van der Waals surface area contributed by atoms with Gasteiger partial charge in [-0.1, -0.05) is 38.1 Å². The molecule has 1 aliphatic carbocycles. The van der Waals surface area contributed by atoms with Crippen LogP contribution in [0.4, 0.5) is 13.2 Å². The normalized spacial score (nSPS) is 16.3. The zero-order chi connectivity index (χ0) is 22.4. The zero-order valence-corrected chi connectivity index (χ0v) is 17.4. The number of alkyl halides is 3. The maximum Gasteiger partial charge on any atom is 0.392 e. The molecule has 8 heteroatoms. The van der Waals surface area contributed by atoms with Crippen LogP contribution in [0.2, 0.25) is 0 Å². The molecule has 4 rings (SSSR count). The zero-order valence-electron chi connectivity index (χ0n) is 17.4. The summed E-state index contributed by atoms with van der Waals surface area (Å²) in [6.07, 6.45) is 2.31. The van der Waals surface area contributed by atoms with Gasteiger partial charge in [0.15, 0.2) is 0 Å². The van der Waals surface area contributed by atoms with Crippen LogP contribution in [0.1, 0.15) is 54.9 Å². The van der Waals surface area contributed by atoms with E-state index in [-0.39, 0.29) is 25.3 Å². The highest BCUT2D eigenvalue weighted by Gasteiger charge is 2.39. The Morgan fingerprint density at radius 2 is 2.06 bits per heavy atom. The fraction of sp³-hybridized carbons (Fsp3) is 0.348. The molecule has 0 radical (unpaired) electrons. The van der Waals surface area contributed by atoms with Crippen molar-refractivity contribution in [3.63, 3.8) is 0 Å². The highest BCUT2D eigenvalue weighted by Crippen LogP contribution is 2.40. The number of carbonyl (C=O) groups is 1. The Morgan fingerprint density at radius 3 is 2.71 bits per heavy atom. The molecule has 0 fully saturated rings. The summed E-state index contributed by atoms with van der Waals surface area (Å²) in [6.45, 7) is 4.16. The average molecular weight is 431 g/mol. The highest BCUT2D eigenvalue weighted by atomic mass is 19.4. The van der Waals surface area contributed by atoms with E-state index in [0.29, 0.717) is 23.4 Å². The quantitative estimate of drug-likeness (QED) is 0.556. The molecule has 0 saturated carbocycles. The number of nitrogens with one attached hydrogen (secondary N) is 1. The predicted octanol–water partition coefficient (Wildman–Crippen LogP) is 5.92. The summed E-state index contributed by atoms with van der Waals surface area (Å²) in [5.41, 5.74) is 2.74. The number of hydrogen-bond acceptors (Lipinski definition) is 4. The Kier molecular flexibility index (Phi) is 7.09. The molecule has 5 nitrogen and oxygen atoms in total. The van der Waals surface area contributed by atoms with E-state index < -0.39 is 12.1 Å². The largest absolute Gasteiger partial charge is 0.447 e. The van der Waals surface area contributed by atoms with Crippen molar-refractivity contribution < 1.29 is 22.4 Å². The molecule has 31 heavy (non-hydrogen) atoms. The first kappa shape index (κ1) is 22.5. The van der Waals surface area contributed by atoms with Crippen LogP contribution in [0.5, 0.6) is 0 Å². The van der Waals surface area contributed by atoms with Gasteiger partial charge in [0.05, 0.1) is 29.7 Å². The molecular weight excluding hydrogens is 407 g/mol. The Balaban J connectivity index is 0.00000132. The first-order valence-electron chi connectivity index (χ1n) is 10.2. The van der Waals surface area contributed by atoms with Gasteiger partial charge in [-0.15, -0.1) is 0 Å². The summed E-state index contributed by atoms with van der Waals surface area (Å²) in [7, 11) is 0. The molecule has 164 valence electrons. The van der Waals surface area contributed by atoms with Crippen LogP contribution in [0.25, 0.3) is 16.5 Å². The monoisotopic (exact) mass is 431 g/mol. The van der Waals surface area contributed by atoms with Crippen LogP contribution in [0.3, 0.4) is 0 Å². The van der Waals surface area contributed by atoms with Crippen LogP contribution in [-0.2, 0) is 6.54 Å². The van der Waals surface area contributed by atoms with Crippen molar-refractivity contribution >= 4 is 22.4 Å². The summed E-state index contributed by atoms with van der Waals surface area (Å²) >= 11 is 0. The van der Waals surface area contributed by atoms with Gasteiger partial charge in [0.2, 0.25) is 5.89 Å². The molecule has 1 aliphatic rings. The number of para-hydroxylation sites is 1. The minimum atomic E-state index is -4.16. The van der Waals surface area contributed by atoms with E-state index in [1.165, 1.54) is 18.7 Å². The first-order chi connectivity index (χ1) is 14.9. The fourth-order valence-electron chi connectivity index (χ4n) is 3.52. The summed E-state index contributed by atoms with van der Waals surface area (Å²) in [5.74, 6) is -1.20. The molecule has 1 unspecified atom stereocenters. The maximum atomic E-state index is 12.9. The number of nitrogens with zero attached hydrogens (tertiary/aromatic N) is 2. The molecule has 0 bridgehead atoms. The van der Waals surface area contributed by atoms with E-state index in [9.17, 15) is 18.0 Å². The molecule has 1 aromatic carbocycles. The van der Waals surface area contributed by atoms with E-state index in [2.05, 4.69) is 15.3 Å². The molecule has 2 aromatic heterocycles. The summed E-state index contributed by atoms with van der Waals surface area (Å²) in [4.78, 5) is 20.7. The predicted molar refractivity (Wildman–Crippen MR) is 112 cm³/mol. The second kappa shape index (κ2) is 9.76.